The first kappa shape index (κ1) is 17.6. The van der Waals surface area contributed by atoms with E-state index >= 15 is 0 Å². The zero-order valence-corrected chi connectivity index (χ0v) is 14.9. The zero-order chi connectivity index (χ0) is 16.1. The van der Waals surface area contributed by atoms with E-state index in [0.717, 1.165) is 17.8 Å². The molecule has 126 valence electrons. The molecule has 0 aromatic rings. The van der Waals surface area contributed by atoms with Crippen LogP contribution in [0.1, 0.15) is 72.6 Å². The summed E-state index contributed by atoms with van der Waals surface area (Å²) in [5, 5.41) is 0. The smallest absolute Gasteiger partial charge is 0.308 e. The molecule has 0 heterocycles. The Kier molecular flexibility index (Phi) is 6.52. The van der Waals surface area contributed by atoms with E-state index in [-0.39, 0.29) is 11.9 Å². The van der Waals surface area contributed by atoms with Gasteiger partial charge in [0.15, 0.2) is 0 Å². The SMILES string of the molecule is CCOC(=O)C(C)C1CCCC1CC(C)C1CC=C(C)CC1. The monoisotopic (exact) mass is 306 g/mol. The van der Waals surface area contributed by atoms with Crippen LogP contribution in [0.15, 0.2) is 11.6 Å². The molecule has 0 radical (unpaired) electrons. The van der Waals surface area contributed by atoms with Gasteiger partial charge in [0, 0.05) is 0 Å². The summed E-state index contributed by atoms with van der Waals surface area (Å²) in [4.78, 5) is 12.1. The van der Waals surface area contributed by atoms with Crippen LogP contribution in [0.3, 0.4) is 0 Å². The molecule has 0 aromatic carbocycles. The summed E-state index contributed by atoms with van der Waals surface area (Å²) in [6.07, 6.45) is 11.4. The first-order chi connectivity index (χ1) is 10.5. The Morgan fingerprint density at radius 3 is 2.73 bits per heavy atom. The van der Waals surface area contributed by atoms with Crippen LogP contribution in [-0.2, 0) is 9.53 Å². The van der Waals surface area contributed by atoms with Gasteiger partial charge in [0.05, 0.1) is 12.5 Å². The highest BCUT2D eigenvalue weighted by Crippen LogP contribution is 2.43. The molecular formula is C20H34O2. The van der Waals surface area contributed by atoms with Crippen LogP contribution in [0.5, 0.6) is 0 Å². The van der Waals surface area contributed by atoms with Crippen molar-refractivity contribution in [2.75, 3.05) is 6.61 Å². The Labute approximate surface area is 136 Å². The summed E-state index contributed by atoms with van der Waals surface area (Å²) in [7, 11) is 0. The summed E-state index contributed by atoms with van der Waals surface area (Å²) < 4.78 is 5.25. The molecule has 0 spiro atoms. The highest BCUT2D eigenvalue weighted by Gasteiger charge is 2.37. The van der Waals surface area contributed by atoms with Gasteiger partial charge in [-0.2, -0.15) is 0 Å². The van der Waals surface area contributed by atoms with Crippen LogP contribution >= 0.6 is 0 Å². The van der Waals surface area contributed by atoms with Gasteiger partial charge in [-0.1, -0.05) is 38.3 Å². The predicted molar refractivity (Wildman–Crippen MR) is 91.5 cm³/mol. The quantitative estimate of drug-likeness (QED) is 0.487. The molecule has 5 atom stereocenters. The van der Waals surface area contributed by atoms with E-state index < -0.39 is 0 Å². The van der Waals surface area contributed by atoms with Crippen LogP contribution in [-0.4, -0.2) is 12.6 Å². The molecule has 0 saturated heterocycles. The Bertz CT molecular complexity index is 399. The number of esters is 1. The van der Waals surface area contributed by atoms with Gasteiger partial charge in [0.2, 0.25) is 0 Å². The number of rotatable bonds is 6. The van der Waals surface area contributed by atoms with E-state index in [4.69, 9.17) is 4.74 Å². The van der Waals surface area contributed by atoms with Crippen LogP contribution < -0.4 is 0 Å². The molecule has 2 rings (SSSR count). The summed E-state index contributed by atoms with van der Waals surface area (Å²) in [6.45, 7) is 9.18. The highest BCUT2D eigenvalue weighted by atomic mass is 16.5. The molecule has 0 aliphatic heterocycles. The van der Waals surface area contributed by atoms with Gasteiger partial charge < -0.3 is 4.74 Å². The first-order valence-electron chi connectivity index (χ1n) is 9.35. The molecule has 0 N–H and O–H groups in total. The minimum atomic E-state index is 0.0169. The van der Waals surface area contributed by atoms with E-state index in [1.807, 2.05) is 6.92 Å². The lowest BCUT2D eigenvalue weighted by Crippen LogP contribution is -2.28. The average molecular weight is 306 g/mol. The number of carbonyl (C=O) groups is 1. The van der Waals surface area contributed by atoms with Crippen LogP contribution in [0.4, 0.5) is 0 Å². The Morgan fingerprint density at radius 1 is 1.32 bits per heavy atom. The second kappa shape index (κ2) is 8.17. The third-order valence-corrected chi connectivity index (χ3v) is 6.18. The fourth-order valence-corrected chi connectivity index (χ4v) is 4.64. The van der Waals surface area contributed by atoms with Gasteiger partial charge in [0.25, 0.3) is 0 Å². The summed E-state index contributed by atoms with van der Waals surface area (Å²) in [5.74, 6) is 2.99. The molecule has 5 unspecified atom stereocenters. The van der Waals surface area contributed by atoms with Gasteiger partial charge in [-0.15, -0.1) is 0 Å². The molecule has 2 aliphatic rings. The lowest BCUT2D eigenvalue weighted by molar-refractivity contribution is -0.149. The molecule has 2 heteroatoms. The minimum absolute atomic E-state index is 0.0169. The Morgan fingerprint density at radius 2 is 2.09 bits per heavy atom. The maximum Gasteiger partial charge on any atom is 0.308 e. The molecule has 0 bridgehead atoms. The molecule has 2 nitrogen and oxygen atoms in total. The van der Waals surface area contributed by atoms with Gasteiger partial charge >= 0.3 is 5.97 Å². The van der Waals surface area contributed by atoms with Crippen molar-refractivity contribution in [3.05, 3.63) is 11.6 Å². The van der Waals surface area contributed by atoms with Gasteiger partial charge in [-0.25, -0.2) is 0 Å². The fourth-order valence-electron chi connectivity index (χ4n) is 4.64. The van der Waals surface area contributed by atoms with Gasteiger partial charge in [-0.05, 0) is 69.6 Å². The van der Waals surface area contributed by atoms with Crippen LogP contribution in [0.25, 0.3) is 0 Å². The largest absolute Gasteiger partial charge is 0.466 e. The number of carbonyl (C=O) groups excluding carboxylic acids is 1. The molecule has 0 aromatic heterocycles. The third-order valence-electron chi connectivity index (χ3n) is 6.18. The predicted octanol–water partition coefficient (Wildman–Crippen LogP) is 5.37. The molecule has 2 aliphatic carbocycles. The van der Waals surface area contributed by atoms with Crippen LogP contribution in [0, 0.1) is 29.6 Å². The normalized spacial score (nSPS) is 31.5. The zero-order valence-electron chi connectivity index (χ0n) is 14.9. The topological polar surface area (TPSA) is 26.3 Å². The molecule has 0 amide bonds. The molecule has 1 fully saturated rings. The van der Waals surface area contributed by atoms with Gasteiger partial charge in [0.1, 0.15) is 0 Å². The van der Waals surface area contributed by atoms with E-state index in [1.165, 1.54) is 44.9 Å². The Hall–Kier alpha value is -0.790. The van der Waals surface area contributed by atoms with E-state index in [1.54, 1.807) is 5.57 Å². The maximum atomic E-state index is 12.1. The summed E-state index contributed by atoms with van der Waals surface area (Å²) in [6, 6.07) is 0. The standard InChI is InChI=1S/C20H34O2/c1-5-22-20(21)16(4)19-8-6-7-18(19)13-15(3)17-11-9-14(2)10-12-17/h9,15-19H,5-8,10-13H2,1-4H3. The molecular weight excluding hydrogens is 272 g/mol. The molecule has 1 saturated carbocycles. The van der Waals surface area contributed by atoms with Crippen molar-refractivity contribution in [2.24, 2.45) is 29.6 Å². The van der Waals surface area contributed by atoms with E-state index in [0.29, 0.717) is 12.5 Å². The molecule has 22 heavy (non-hydrogen) atoms. The van der Waals surface area contributed by atoms with Gasteiger partial charge in [-0.3, -0.25) is 4.79 Å². The lowest BCUT2D eigenvalue weighted by Gasteiger charge is -2.31. The first-order valence-corrected chi connectivity index (χ1v) is 9.35. The number of allylic oxidation sites excluding steroid dienone is 2. The lowest BCUT2D eigenvalue weighted by atomic mass is 9.74. The van der Waals surface area contributed by atoms with Crippen molar-refractivity contribution < 1.29 is 9.53 Å². The minimum Gasteiger partial charge on any atom is -0.466 e. The van der Waals surface area contributed by atoms with Crippen molar-refractivity contribution in [2.45, 2.75) is 72.6 Å². The van der Waals surface area contributed by atoms with Crippen molar-refractivity contribution in [1.29, 1.82) is 0 Å². The van der Waals surface area contributed by atoms with E-state index in [9.17, 15) is 4.79 Å². The van der Waals surface area contributed by atoms with Crippen molar-refractivity contribution >= 4 is 5.97 Å². The van der Waals surface area contributed by atoms with Crippen LogP contribution in [0.2, 0.25) is 0 Å². The van der Waals surface area contributed by atoms with E-state index in [2.05, 4.69) is 26.8 Å². The fraction of sp³-hybridized carbons (Fsp3) is 0.850. The average Bonchev–Trinajstić information content (AvgIpc) is 2.95. The second-order valence-electron chi connectivity index (χ2n) is 7.69. The Balaban J connectivity index is 1.89. The second-order valence-corrected chi connectivity index (χ2v) is 7.69. The maximum absolute atomic E-state index is 12.1. The van der Waals surface area contributed by atoms with Crippen molar-refractivity contribution in [3.63, 3.8) is 0 Å². The van der Waals surface area contributed by atoms with Crippen molar-refractivity contribution in [1.82, 2.24) is 0 Å². The van der Waals surface area contributed by atoms with Crippen molar-refractivity contribution in [3.8, 4) is 0 Å². The third kappa shape index (κ3) is 4.36. The summed E-state index contributed by atoms with van der Waals surface area (Å²) >= 11 is 0. The highest BCUT2D eigenvalue weighted by molar-refractivity contribution is 5.72. The summed E-state index contributed by atoms with van der Waals surface area (Å²) in [5.41, 5.74) is 1.57. The number of hydrogen-bond donors (Lipinski definition) is 0. The number of ether oxygens (including phenoxy) is 1. The number of hydrogen-bond acceptors (Lipinski definition) is 2.